The molecule has 0 aliphatic rings. The minimum absolute atomic E-state index is 0.00109. The average Bonchev–Trinajstić information content (AvgIpc) is 2.29. The summed E-state index contributed by atoms with van der Waals surface area (Å²) in [5.41, 5.74) is 1.89. The first-order valence-corrected chi connectivity index (χ1v) is 6.20. The number of anilines is 2. The third kappa shape index (κ3) is 4.47. The van der Waals surface area contributed by atoms with Crippen molar-refractivity contribution in [2.24, 2.45) is 5.92 Å². The van der Waals surface area contributed by atoms with E-state index in [4.69, 9.17) is 0 Å². The van der Waals surface area contributed by atoms with E-state index in [0.717, 1.165) is 17.8 Å². The summed E-state index contributed by atoms with van der Waals surface area (Å²) in [6.07, 6.45) is 1.07. The van der Waals surface area contributed by atoms with Crippen molar-refractivity contribution in [3.63, 3.8) is 0 Å². The average molecular weight is 234 g/mol. The molecule has 0 aromatic heterocycles. The van der Waals surface area contributed by atoms with Gasteiger partial charge in [-0.25, -0.2) is 0 Å². The third-order valence-corrected chi connectivity index (χ3v) is 2.68. The Labute approximate surface area is 104 Å². The molecule has 2 N–H and O–H groups in total. The van der Waals surface area contributed by atoms with Crippen LogP contribution in [0.3, 0.4) is 0 Å². The van der Waals surface area contributed by atoms with Gasteiger partial charge in [0.05, 0.1) is 0 Å². The first kappa shape index (κ1) is 13.6. The molecule has 0 fully saturated rings. The summed E-state index contributed by atoms with van der Waals surface area (Å²) in [6.45, 7) is 8.05. The molecule has 0 aliphatic heterocycles. The Hall–Kier alpha value is -1.51. The first-order valence-electron chi connectivity index (χ1n) is 6.20. The highest BCUT2D eigenvalue weighted by molar-refractivity contribution is 5.92. The standard InChI is InChI=1S/C14H22N2O/c1-5-11(4)15-12-7-6-8-13(9-12)16-14(17)10(2)3/h6-11,15H,5H2,1-4H3,(H,16,17). The van der Waals surface area contributed by atoms with Crippen molar-refractivity contribution in [2.75, 3.05) is 10.6 Å². The van der Waals surface area contributed by atoms with Gasteiger partial charge in [-0.05, 0) is 31.5 Å². The van der Waals surface area contributed by atoms with Gasteiger partial charge in [0.25, 0.3) is 0 Å². The highest BCUT2D eigenvalue weighted by Gasteiger charge is 2.07. The second-order valence-electron chi connectivity index (χ2n) is 4.68. The molecule has 1 atom stereocenters. The summed E-state index contributed by atoms with van der Waals surface area (Å²) in [5.74, 6) is 0.0480. The summed E-state index contributed by atoms with van der Waals surface area (Å²) < 4.78 is 0. The quantitative estimate of drug-likeness (QED) is 0.818. The van der Waals surface area contributed by atoms with Crippen molar-refractivity contribution in [2.45, 2.75) is 40.2 Å². The largest absolute Gasteiger partial charge is 0.383 e. The molecule has 3 heteroatoms. The van der Waals surface area contributed by atoms with Crippen molar-refractivity contribution >= 4 is 17.3 Å². The van der Waals surface area contributed by atoms with E-state index in [-0.39, 0.29) is 11.8 Å². The molecule has 1 aromatic rings. The van der Waals surface area contributed by atoms with Gasteiger partial charge in [-0.3, -0.25) is 4.79 Å². The SMILES string of the molecule is CCC(C)Nc1cccc(NC(=O)C(C)C)c1. The fourth-order valence-corrected chi connectivity index (χ4v) is 1.36. The van der Waals surface area contributed by atoms with Gasteiger partial charge in [-0.2, -0.15) is 0 Å². The number of hydrogen-bond donors (Lipinski definition) is 2. The molecule has 0 heterocycles. The van der Waals surface area contributed by atoms with Crippen LogP contribution >= 0.6 is 0 Å². The van der Waals surface area contributed by atoms with Crippen molar-refractivity contribution in [1.82, 2.24) is 0 Å². The van der Waals surface area contributed by atoms with Gasteiger partial charge in [-0.1, -0.05) is 26.8 Å². The lowest BCUT2D eigenvalue weighted by molar-refractivity contribution is -0.118. The van der Waals surface area contributed by atoms with Gasteiger partial charge < -0.3 is 10.6 Å². The van der Waals surface area contributed by atoms with Gasteiger partial charge in [-0.15, -0.1) is 0 Å². The molecular weight excluding hydrogens is 212 g/mol. The van der Waals surface area contributed by atoms with E-state index < -0.39 is 0 Å². The Bertz CT molecular complexity index is 374. The summed E-state index contributed by atoms with van der Waals surface area (Å²) in [4.78, 5) is 11.6. The Kier molecular flexibility index (Phi) is 5.01. The fraction of sp³-hybridized carbons (Fsp3) is 0.500. The summed E-state index contributed by atoms with van der Waals surface area (Å²) in [7, 11) is 0. The Morgan fingerprint density at radius 2 is 1.88 bits per heavy atom. The van der Waals surface area contributed by atoms with E-state index in [2.05, 4.69) is 24.5 Å². The molecule has 1 aromatic carbocycles. The number of carbonyl (C=O) groups excluding carboxylic acids is 1. The number of nitrogens with one attached hydrogen (secondary N) is 2. The minimum atomic E-state index is 0.00109. The van der Waals surface area contributed by atoms with E-state index in [1.54, 1.807) is 0 Å². The van der Waals surface area contributed by atoms with Crippen LogP contribution in [0.4, 0.5) is 11.4 Å². The molecule has 3 nitrogen and oxygen atoms in total. The molecule has 0 bridgehead atoms. The van der Waals surface area contributed by atoms with Gasteiger partial charge in [0, 0.05) is 23.3 Å². The molecule has 1 unspecified atom stereocenters. The second kappa shape index (κ2) is 6.28. The molecule has 94 valence electrons. The molecule has 0 saturated carbocycles. The highest BCUT2D eigenvalue weighted by Crippen LogP contribution is 2.17. The predicted molar refractivity (Wildman–Crippen MR) is 73.3 cm³/mol. The second-order valence-corrected chi connectivity index (χ2v) is 4.68. The highest BCUT2D eigenvalue weighted by atomic mass is 16.1. The number of amides is 1. The minimum Gasteiger partial charge on any atom is -0.383 e. The van der Waals surface area contributed by atoms with Crippen LogP contribution in [-0.2, 0) is 4.79 Å². The Balaban J connectivity index is 2.69. The van der Waals surface area contributed by atoms with Crippen LogP contribution in [0.25, 0.3) is 0 Å². The number of benzene rings is 1. The van der Waals surface area contributed by atoms with E-state index in [9.17, 15) is 4.79 Å². The van der Waals surface area contributed by atoms with Gasteiger partial charge in [0.1, 0.15) is 0 Å². The van der Waals surface area contributed by atoms with Crippen LogP contribution in [0.5, 0.6) is 0 Å². The monoisotopic (exact) mass is 234 g/mol. The molecule has 1 amide bonds. The van der Waals surface area contributed by atoms with Crippen molar-refractivity contribution in [1.29, 1.82) is 0 Å². The van der Waals surface area contributed by atoms with Crippen LogP contribution < -0.4 is 10.6 Å². The number of rotatable bonds is 5. The van der Waals surface area contributed by atoms with Crippen molar-refractivity contribution < 1.29 is 4.79 Å². The molecule has 0 radical (unpaired) electrons. The Morgan fingerprint density at radius 3 is 2.47 bits per heavy atom. The zero-order valence-electron chi connectivity index (χ0n) is 11.1. The Morgan fingerprint density at radius 1 is 1.24 bits per heavy atom. The van der Waals surface area contributed by atoms with Crippen molar-refractivity contribution in [3.8, 4) is 0 Å². The van der Waals surface area contributed by atoms with Crippen LogP contribution in [0.1, 0.15) is 34.1 Å². The zero-order valence-corrected chi connectivity index (χ0v) is 11.1. The third-order valence-electron chi connectivity index (χ3n) is 2.68. The van der Waals surface area contributed by atoms with Gasteiger partial charge in [0.15, 0.2) is 0 Å². The molecular formula is C14H22N2O. The first-order chi connectivity index (χ1) is 8.02. The van der Waals surface area contributed by atoms with Crippen LogP contribution in [0, 0.1) is 5.92 Å². The molecule has 17 heavy (non-hydrogen) atoms. The molecule has 0 saturated heterocycles. The lowest BCUT2D eigenvalue weighted by Gasteiger charge is -2.14. The fourth-order valence-electron chi connectivity index (χ4n) is 1.36. The summed E-state index contributed by atoms with van der Waals surface area (Å²) >= 11 is 0. The molecule has 0 spiro atoms. The summed E-state index contributed by atoms with van der Waals surface area (Å²) in [6, 6.07) is 8.26. The van der Waals surface area contributed by atoms with E-state index in [0.29, 0.717) is 6.04 Å². The van der Waals surface area contributed by atoms with Gasteiger partial charge >= 0.3 is 0 Å². The van der Waals surface area contributed by atoms with Gasteiger partial charge in [0.2, 0.25) is 5.91 Å². The van der Waals surface area contributed by atoms with Crippen LogP contribution in [-0.4, -0.2) is 11.9 Å². The maximum absolute atomic E-state index is 11.6. The lowest BCUT2D eigenvalue weighted by Crippen LogP contribution is -2.18. The topological polar surface area (TPSA) is 41.1 Å². The normalized spacial score (nSPS) is 12.3. The zero-order chi connectivity index (χ0) is 12.8. The predicted octanol–water partition coefficient (Wildman–Crippen LogP) is 3.49. The molecule has 1 rings (SSSR count). The van der Waals surface area contributed by atoms with Crippen molar-refractivity contribution in [3.05, 3.63) is 24.3 Å². The van der Waals surface area contributed by atoms with E-state index >= 15 is 0 Å². The van der Waals surface area contributed by atoms with Crippen LogP contribution in [0.15, 0.2) is 24.3 Å². The molecule has 0 aliphatic carbocycles. The van der Waals surface area contributed by atoms with E-state index in [1.165, 1.54) is 0 Å². The number of carbonyl (C=O) groups is 1. The maximum atomic E-state index is 11.6. The number of hydrogen-bond acceptors (Lipinski definition) is 2. The van der Waals surface area contributed by atoms with Crippen LogP contribution in [0.2, 0.25) is 0 Å². The maximum Gasteiger partial charge on any atom is 0.226 e. The summed E-state index contributed by atoms with van der Waals surface area (Å²) in [5, 5.41) is 6.28. The lowest BCUT2D eigenvalue weighted by atomic mass is 10.2. The smallest absolute Gasteiger partial charge is 0.226 e. The van der Waals surface area contributed by atoms with E-state index in [1.807, 2.05) is 38.1 Å².